The van der Waals surface area contributed by atoms with Crippen molar-refractivity contribution in [3.8, 4) is 0 Å². The van der Waals surface area contributed by atoms with Crippen LogP contribution in [-0.4, -0.2) is 48.6 Å². The number of rotatable bonds is 38. The van der Waals surface area contributed by atoms with Crippen molar-refractivity contribution in [2.45, 2.75) is 225 Å². The Bertz CT molecular complexity index is 880. The van der Waals surface area contributed by atoms with Crippen molar-refractivity contribution in [3.63, 3.8) is 0 Å². The second-order valence-electron chi connectivity index (χ2n) is 14.9. The Kier molecular flexibility index (Phi) is 33.7. The molecule has 0 aromatic rings. The number of carbonyl (C=O) groups is 2. The van der Waals surface area contributed by atoms with Crippen LogP contribution in [0.1, 0.15) is 206 Å². The summed E-state index contributed by atoms with van der Waals surface area (Å²) in [4.78, 5) is 24.0. The largest absolute Gasteiger partial charge is 0.463 e. The van der Waals surface area contributed by atoms with Crippen molar-refractivity contribution >= 4 is 11.9 Å². The van der Waals surface area contributed by atoms with Crippen LogP contribution in [0.3, 0.4) is 0 Å². The molecule has 1 saturated heterocycles. The van der Waals surface area contributed by atoms with Crippen LogP contribution in [-0.2, 0) is 23.8 Å². The van der Waals surface area contributed by atoms with Gasteiger partial charge in [0.1, 0.15) is 19.3 Å². The maximum absolute atomic E-state index is 12.0. The number of unbranched alkanes of at least 4 members (excludes halogenated alkanes) is 22. The van der Waals surface area contributed by atoms with E-state index in [1.54, 1.807) is 0 Å². The molecule has 3 atom stereocenters. The maximum atomic E-state index is 12.0. The van der Waals surface area contributed by atoms with E-state index in [0.717, 1.165) is 44.9 Å². The molecule has 51 heavy (non-hydrogen) atoms. The molecule has 0 spiro atoms. The fraction of sp³-hybridized carbons (Fsp3) is 0.822. The first-order valence-electron chi connectivity index (χ1n) is 21.7. The molecule has 6 nitrogen and oxygen atoms in total. The molecule has 0 amide bonds. The van der Waals surface area contributed by atoms with E-state index < -0.39 is 6.10 Å². The zero-order valence-corrected chi connectivity index (χ0v) is 33.3. The van der Waals surface area contributed by atoms with Gasteiger partial charge in [-0.15, -0.1) is 0 Å². The van der Waals surface area contributed by atoms with E-state index in [4.69, 9.17) is 14.2 Å². The zero-order chi connectivity index (χ0) is 36.9. The summed E-state index contributed by atoms with van der Waals surface area (Å²) in [5.41, 5.74) is 0. The molecule has 1 fully saturated rings. The first-order valence-corrected chi connectivity index (χ1v) is 21.7. The van der Waals surface area contributed by atoms with Gasteiger partial charge in [0.2, 0.25) is 0 Å². The van der Waals surface area contributed by atoms with Gasteiger partial charge in [0.05, 0.1) is 12.2 Å². The highest BCUT2D eigenvalue weighted by atomic mass is 16.6. The predicted molar refractivity (Wildman–Crippen MR) is 214 cm³/mol. The minimum Gasteiger partial charge on any atom is -0.463 e. The van der Waals surface area contributed by atoms with Crippen molar-refractivity contribution < 1.29 is 28.9 Å². The van der Waals surface area contributed by atoms with Crippen LogP contribution in [0.4, 0.5) is 0 Å². The van der Waals surface area contributed by atoms with Gasteiger partial charge in [-0.05, 0) is 51.4 Å². The molecule has 1 N–H and O–H groups in total. The third-order valence-corrected chi connectivity index (χ3v) is 9.78. The summed E-state index contributed by atoms with van der Waals surface area (Å²) >= 11 is 0. The number of carbonyl (C=O) groups excluding carboxylic acids is 2. The van der Waals surface area contributed by atoms with E-state index in [0.29, 0.717) is 31.5 Å². The third kappa shape index (κ3) is 33.7. The van der Waals surface area contributed by atoms with Crippen LogP contribution in [0, 0.1) is 0 Å². The van der Waals surface area contributed by atoms with Crippen molar-refractivity contribution in [1.29, 1.82) is 0 Å². The number of hydrogen-bond donors (Lipinski definition) is 1. The van der Waals surface area contributed by atoms with Crippen LogP contribution in [0.25, 0.3) is 0 Å². The molecular formula is C45H80O6. The number of aliphatic hydroxyl groups excluding tert-OH is 1. The van der Waals surface area contributed by atoms with E-state index in [2.05, 4.69) is 50.3 Å². The Hall–Kier alpha value is -1.92. The van der Waals surface area contributed by atoms with E-state index in [1.165, 1.54) is 128 Å². The lowest BCUT2D eigenvalue weighted by Crippen LogP contribution is -2.25. The van der Waals surface area contributed by atoms with E-state index in [-0.39, 0.29) is 25.2 Å². The molecule has 1 heterocycles. The van der Waals surface area contributed by atoms with E-state index in [1.807, 2.05) is 0 Å². The molecule has 1 aliphatic rings. The first-order chi connectivity index (χ1) is 25.1. The number of epoxide rings is 1. The second-order valence-corrected chi connectivity index (χ2v) is 14.9. The third-order valence-electron chi connectivity index (χ3n) is 9.78. The Morgan fingerprint density at radius 3 is 1.39 bits per heavy atom. The van der Waals surface area contributed by atoms with Crippen molar-refractivity contribution in [2.75, 3.05) is 13.2 Å². The standard InChI is InChI=1S/C45H80O6/c1-3-5-7-9-11-12-13-14-15-16-17-18-19-20-21-22-25-29-33-37-44(47)49-39-41(46)40-50-45(48)38-34-30-26-23-24-28-32-36-43-42(51-43)35-31-27-10-8-6-4-2/h23,26-28,31-32,41-43,46H,3-22,24-25,29-30,33-40H2,1-2H3/b26-23-,31-27-,32-28-/t41-,42?,43?/m1/s1. The number of hydrogen-bond acceptors (Lipinski definition) is 6. The SMILES string of the molecule is CCCCC/C=C\CC1OC1C/C=C\C/C=C\CCCC(=O)OC[C@H](O)COC(=O)CCCCCCCCCCCCCCCCCCCCC. The van der Waals surface area contributed by atoms with Crippen molar-refractivity contribution in [2.24, 2.45) is 0 Å². The molecule has 1 aliphatic heterocycles. The lowest BCUT2D eigenvalue weighted by molar-refractivity contribution is -0.152. The van der Waals surface area contributed by atoms with Gasteiger partial charge < -0.3 is 19.3 Å². The molecule has 0 saturated carbocycles. The molecule has 0 aliphatic carbocycles. The Labute approximate surface area is 314 Å². The Morgan fingerprint density at radius 1 is 0.510 bits per heavy atom. The fourth-order valence-electron chi connectivity index (χ4n) is 6.36. The van der Waals surface area contributed by atoms with Crippen LogP contribution in [0.15, 0.2) is 36.5 Å². The summed E-state index contributed by atoms with van der Waals surface area (Å²) in [7, 11) is 0. The minimum absolute atomic E-state index is 0.134. The van der Waals surface area contributed by atoms with Gasteiger partial charge in [0.15, 0.2) is 0 Å². The Morgan fingerprint density at radius 2 is 0.882 bits per heavy atom. The van der Waals surface area contributed by atoms with Gasteiger partial charge in [-0.2, -0.15) is 0 Å². The number of ether oxygens (including phenoxy) is 3. The van der Waals surface area contributed by atoms with Gasteiger partial charge in [0, 0.05) is 12.8 Å². The highest BCUT2D eigenvalue weighted by Gasteiger charge is 2.35. The average Bonchev–Trinajstić information content (AvgIpc) is 3.89. The van der Waals surface area contributed by atoms with E-state index in [9.17, 15) is 14.7 Å². The molecular weight excluding hydrogens is 636 g/mol. The van der Waals surface area contributed by atoms with Crippen LogP contribution >= 0.6 is 0 Å². The lowest BCUT2D eigenvalue weighted by Gasteiger charge is -2.12. The molecule has 1 rings (SSSR count). The number of aliphatic hydroxyl groups is 1. The van der Waals surface area contributed by atoms with Crippen molar-refractivity contribution in [3.05, 3.63) is 36.5 Å². The van der Waals surface area contributed by atoms with Gasteiger partial charge in [-0.3, -0.25) is 9.59 Å². The van der Waals surface area contributed by atoms with E-state index >= 15 is 0 Å². The molecule has 0 aromatic heterocycles. The highest BCUT2D eigenvalue weighted by molar-refractivity contribution is 5.69. The zero-order valence-electron chi connectivity index (χ0n) is 33.3. The van der Waals surface area contributed by atoms with Crippen molar-refractivity contribution in [1.82, 2.24) is 0 Å². The van der Waals surface area contributed by atoms with Gasteiger partial charge in [0.25, 0.3) is 0 Å². The van der Waals surface area contributed by atoms with Gasteiger partial charge in [-0.1, -0.05) is 179 Å². The Balaban J connectivity index is 1.83. The quantitative estimate of drug-likeness (QED) is 0.0296. The van der Waals surface area contributed by atoms with Gasteiger partial charge in [-0.25, -0.2) is 0 Å². The smallest absolute Gasteiger partial charge is 0.305 e. The number of esters is 2. The molecule has 0 aromatic carbocycles. The summed E-state index contributed by atoms with van der Waals surface area (Å²) in [5.74, 6) is -0.627. The summed E-state index contributed by atoms with van der Waals surface area (Å²) in [6, 6.07) is 0. The lowest BCUT2D eigenvalue weighted by atomic mass is 10.0. The average molecular weight is 717 g/mol. The summed E-state index contributed by atoms with van der Waals surface area (Å²) in [6.07, 6.45) is 48.1. The predicted octanol–water partition coefficient (Wildman–Crippen LogP) is 12.6. The maximum Gasteiger partial charge on any atom is 0.305 e. The molecule has 2 unspecified atom stereocenters. The summed E-state index contributed by atoms with van der Waals surface area (Å²) < 4.78 is 16.1. The monoisotopic (exact) mass is 717 g/mol. The molecule has 6 heteroatoms. The molecule has 0 radical (unpaired) electrons. The topological polar surface area (TPSA) is 85.4 Å². The summed E-state index contributed by atoms with van der Waals surface area (Å²) in [5, 5.41) is 10.0. The van der Waals surface area contributed by atoms with Crippen LogP contribution in [0.5, 0.6) is 0 Å². The molecule has 296 valence electrons. The number of allylic oxidation sites excluding steroid dienone is 4. The molecule has 0 bridgehead atoms. The fourth-order valence-corrected chi connectivity index (χ4v) is 6.36. The van der Waals surface area contributed by atoms with Gasteiger partial charge >= 0.3 is 11.9 Å². The second kappa shape index (κ2) is 36.4. The highest BCUT2D eigenvalue weighted by Crippen LogP contribution is 2.29. The summed E-state index contributed by atoms with van der Waals surface area (Å²) in [6.45, 7) is 4.23. The minimum atomic E-state index is -0.988. The first kappa shape index (κ1) is 47.1. The normalized spacial score (nSPS) is 16.5. The van der Waals surface area contributed by atoms with Crippen LogP contribution in [0.2, 0.25) is 0 Å². The van der Waals surface area contributed by atoms with Crippen LogP contribution < -0.4 is 0 Å².